The highest BCUT2D eigenvalue weighted by atomic mass is 32.2. The van der Waals surface area contributed by atoms with Gasteiger partial charge in [-0.15, -0.1) is 11.3 Å². The maximum absolute atomic E-state index is 12.8. The summed E-state index contributed by atoms with van der Waals surface area (Å²) in [6.07, 6.45) is 3.06. The molecule has 154 valence electrons. The van der Waals surface area contributed by atoms with Crippen molar-refractivity contribution in [2.75, 3.05) is 12.3 Å². The van der Waals surface area contributed by atoms with Gasteiger partial charge in [0.15, 0.2) is 5.16 Å². The van der Waals surface area contributed by atoms with Crippen LogP contribution in [0.3, 0.4) is 0 Å². The third kappa shape index (κ3) is 6.94. The number of rotatable bonds is 12. The molecule has 0 spiro atoms. The molecule has 0 aliphatic carbocycles. The van der Waals surface area contributed by atoms with E-state index in [0.717, 1.165) is 12.8 Å². The molecule has 2 aromatic rings. The summed E-state index contributed by atoms with van der Waals surface area (Å²) in [7, 11) is 0. The van der Waals surface area contributed by atoms with Crippen LogP contribution < -0.4 is 10.9 Å². The first kappa shape index (κ1) is 22.4. The van der Waals surface area contributed by atoms with Gasteiger partial charge < -0.3 is 10.4 Å². The number of fused-ring (bicyclic) bond motifs is 1. The first-order valence-electron chi connectivity index (χ1n) is 9.47. The second-order valence-corrected chi connectivity index (χ2v) is 8.87. The summed E-state index contributed by atoms with van der Waals surface area (Å²) in [5, 5.41) is 14.0. The van der Waals surface area contributed by atoms with Crippen molar-refractivity contribution >= 4 is 45.2 Å². The molecule has 0 unspecified atom stereocenters. The van der Waals surface area contributed by atoms with Crippen LogP contribution in [0.4, 0.5) is 0 Å². The molecule has 2 aromatic heterocycles. The lowest BCUT2D eigenvalue weighted by molar-refractivity contribution is -0.137. The molecule has 0 fully saturated rings. The van der Waals surface area contributed by atoms with E-state index < -0.39 is 5.97 Å². The predicted octanol–water partition coefficient (Wildman–Crippen LogP) is 3.36. The average Bonchev–Trinajstić information content (AvgIpc) is 3.09. The van der Waals surface area contributed by atoms with E-state index in [1.165, 1.54) is 23.1 Å². The van der Waals surface area contributed by atoms with Crippen LogP contribution in [0, 0.1) is 5.92 Å². The minimum atomic E-state index is -0.807. The van der Waals surface area contributed by atoms with Crippen molar-refractivity contribution in [1.82, 2.24) is 14.9 Å². The van der Waals surface area contributed by atoms with Crippen LogP contribution in [0.5, 0.6) is 0 Å². The first-order chi connectivity index (χ1) is 13.4. The number of carbonyl (C=O) groups excluding carboxylic acids is 1. The second-order valence-electron chi connectivity index (χ2n) is 7.01. The number of thiophene rings is 1. The zero-order valence-electron chi connectivity index (χ0n) is 16.3. The molecular formula is C19H27N3O4S2. The number of aliphatic carboxylic acids is 1. The summed E-state index contributed by atoms with van der Waals surface area (Å²) in [5.41, 5.74) is 0.556. The van der Waals surface area contributed by atoms with E-state index in [-0.39, 0.29) is 23.6 Å². The van der Waals surface area contributed by atoms with Crippen molar-refractivity contribution in [3.63, 3.8) is 0 Å². The van der Waals surface area contributed by atoms with E-state index in [0.29, 0.717) is 47.2 Å². The monoisotopic (exact) mass is 425 g/mol. The van der Waals surface area contributed by atoms with Crippen LogP contribution in [0.25, 0.3) is 10.2 Å². The Hall–Kier alpha value is -1.87. The van der Waals surface area contributed by atoms with Crippen molar-refractivity contribution in [2.24, 2.45) is 5.92 Å². The number of thioether (sulfide) groups is 1. The Kier molecular flexibility index (Phi) is 8.98. The number of nitrogens with one attached hydrogen (secondary N) is 1. The average molecular weight is 426 g/mol. The highest BCUT2D eigenvalue weighted by Gasteiger charge is 2.14. The second kappa shape index (κ2) is 11.2. The van der Waals surface area contributed by atoms with Crippen LogP contribution in [0.2, 0.25) is 0 Å². The van der Waals surface area contributed by atoms with Gasteiger partial charge in [0.2, 0.25) is 5.91 Å². The molecule has 0 bridgehead atoms. The van der Waals surface area contributed by atoms with Gasteiger partial charge in [0.05, 0.1) is 11.3 Å². The maximum Gasteiger partial charge on any atom is 0.303 e. The smallest absolute Gasteiger partial charge is 0.303 e. The zero-order chi connectivity index (χ0) is 20.5. The van der Waals surface area contributed by atoms with Gasteiger partial charge in [-0.2, -0.15) is 0 Å². The molecule has 9 heteroatoms. The van der Waals surface area contributed by atoms with Gasteiger partial charge in [0, 0.05) is 19.5 Å². The number of hydrogen-bond acceptors (Lipinski definition) is 6. The Morgan fingerprint density at radius 1 is 1.32 bits per heavy atom. The molecule has 2 rings (SSSR count). The Morgan fingerprint density at radius 2 is 2.11 bits per heavy atom. The molecule has 28 heavy (non-hydrogen) atoms. The van der Waals surface area contributed by atoms with Gasteiger partial charge in [-0.3, -0.25) is 19.0 Å². The van der Waals surface area contributed by atoms with Gasteiger partial charge in [0.25, 0.3) is 5.56 Å². The third-order valence-corrected chi connectivity index (χ3v) is 6.05. The van der Waals surface area contributed by atoms with Gasteiger partial charge >= 0.3 is 5.97 Å². The van der Waals surface area contributed by atoms with E-state index in [9.17, 15) is 14.4 Å². The molecule has 0 aliphatic rings. The van der Waals surface area contributed by atoms with Crippen LogP contribution in [0.1, 0.15) is 46.0 Å². The SMILES string of the molecule is CC(C)CCNC(=O)CSc1nc2ccsc2c(=O)n1CCCCCC(=O)O. The molecule has 1 amide bonds. The molecular weight excluding hydrogens is 398 g/mol. The van der Waals surface area contributed by atoms with E-state index >= 15 is 0 Å². The number of amides is 1. The fourth-order valence-corrected chi connectivity index (χ4v) is 4.27. The summed E-state index contributed by atoms with van der Waals surface area (Å²) in [6.45, 7) is 5.33. The summed E-state index contributed by atoms with van der Waals surface area (Å²) < 4.78 is 2.22. The molecule has 0 atom stereocenters. The van der Waals surface area contributed by atoms with Gasteiger partial charge in [-0.25, -0.2) is 4.98 Å². The Labute approximate surface area is 172 Å². The van der Waals surface area contributed by atoms with Crippen LogP contribution >= 0.6 is 23.1 Å². The highest BCUT2D eigenvalue weighted by molar-refractivity contribution is 7.99. The number of nitrogens with zero attached hydrogens (tertiary/aromatic N) is 2. The lowest BCUT2D eigenvalue weighted by Gasteiger charge is -2.12. The first-order valence-corrected chi connectivity index (χ1v) is 11.3. The van der Waals surface area contributed by atoms with Crippen LogP contribution in [0.15, 0.2) is 21.4 Å². The topological polar surface area (TPSA) is 101 Å². The lowest BCUT2D eigenvalue weighted by atomic mass is 10.1. The predicted molar refractivity (Wildman–Crippen MR) is 113 cm³/mol. The quantitative estimate of drug-likeness (QED) is 0.307. The fourth-order valence-electron chi connectivity index (χ4n) is 2.64. The zero-order valence-corrected chi connectivity index (χ0v) is 17.9. The summed E-state index contributed by atoms with van der Waals surface area (Å²) >= 11 is 2.63. The lowest BCUT2D eigenvalue weighted by Crippen LogP contribution is -2.28. The van der Waals surface area contributed by atoms with Gasteiger partial charge in [0.1, 0.15) is 4.70 Å². The van der Waals surface area contributed by atoms with Crippen molar-refractivity contribution < 1.29 is 14.7 Å². The van der Waals surface area contributed by atoms with E-state index in [2.05, 4.69) is 24.1 Å². The highest BCUT2D eigenvalue weighted by Crippen LogP contribution is 2.21. The normalized spacial score (nSPS) is 11.2. The summed E-state index contributed by atoms with van der Waals surface area (Å²) in [6, 6.07) is 1.81. The number of aromatic nitrogens is 2. The molecule has 0 aromatic carbocycles. The van der Waals surface area contributed by atoms with Crippen LogP contribution in [-0.2, 0) is 16.1 Å². The largest absolute Gasteiger partial charge is 0.481 e. The number of unbranched alkanes of at least 4 members (excludes halogenated alkanes) is 2. The fraction of sp³-hybridized carbons (Fsp3) is 0.579. The van der Waals surface area contributed by atoms with Crippen molar-refractivity contribution in [3.8, 4) is 0 Å². The number of carboxylic acids is 1. The maximum atomic E-state index is 12.8. The van der Waals surface area contributed by atoms with Crippen molar-refractivity contribution in [3.05, 3.63) is 21.8 Å². The molecule has 0 aliphatic heterocycles. The van der Waals surface area contributed by atoms with Crippen molar-refractivity contribution in [2.45, 2.75) is 57.7 Å². The molecule has 0 saturated carbocycles. The standard InChI is InChI=1S/C19H27N3O4S2/c1-13(2)7-9-20-15(23)12-28-19-21-14-8-11-27-17(14)18(26)22(19)10-5-3-4-6-16(24)25/h8,11,13H,3-7,9-10,12H2,1-2H3,(H,20,23)(H,24,25). The number of carbonyl (C=O) groups is 2. The van der Waals surface area contributed by atoms with Gasteiger partial charge in [-0.1, -0.05) is 32.0 Å². The third-order valence-electron chi connectivity index (χ3n) is 4.18. The van der Waals surface area contributed by atoms with E-state index in [1.807, 2.05) is 11.4 Å². The minimum absolute atomic E-state index is 0.0710. The minimum Gasteiger partial charge on any atom is -0.481 e. The van der Waals surface area contributed by atoms with E-state index in [1.54, 1.807) is 4.57 Å². The Bertz CT molecular complexity index is 860. The van der Waals surface area contributed by atoms with Crippen molar-refractivity contribution in [1.29, 1.82) is 0 Å². The summed E-state index contributed by atoms with van der Waals surface area (Å²) in [4.78, 5) is 40.0. The summed E-state index contributed by atoms with van der Waals surface area (Å²) in [5.74, 6) is -0.141. The molecule has 0 saturated heterocycles. The molecule has 2 N–H and O–H groups in total. The van der Waals surface area contributed by atoms with E-state index in [4.69, 9.17) is 5.11 Å². The molecule has 0 radical (unpaired) electrons. The Balaban J connectivity index is 2.02. The van der Waals surface area contributed by atoms with Gasteiger partial charge in [-0.05, 0) is 36.6 Å². The Morgan fingerprint density at radius 3 is 2.82 bits per heavy atom. The number of carboxylic acid groups (broad SMARTS) is 1. The molecule has 2 heterocycles. The van der Waals surface area contributed by atoms with Crippen LogP contribution in [-0.4, -0.2) is 38.8 Å². The molecule has 7 nitrogen and oxygen atoms in total. The number of hydrogen-bond donors (Lipinski definition) is 2.